The van der Waals surface area contributed by atoms with Crippen LogP contribution in [0.4, 0.5) is 0 Å². The summed E-state index contributed by atoms with van der Waals surface area (Å²) in [5.74, 6) is 0.520. The topological polar surface area (TPSA) is 17.1 Å². The van der Waals surface area contributed by atoms with E-state index in [4.69, 9.17) is 23.2 Å². The second-order valence-corrected chi connectivity index (χ2v) is 5.11. The van der Waals surface area contributed by atoms with Gasteiger partial charge in [-0.05, 0) is 30.9 Å². The Kier molecular flexibility index (Phi) is 3.88. The standard InChI is InChI=1S/C13H14Cl2O/c14-11-6-3-5-10(13(11)15)8-9-4-1-2-7-12(9)16/h3,5-6,9H,1-2,4,7-8H2. The number of rotatable bonds is 2. The first kappa shape index (κ1) is 11.9. The summed E-state index contributed by atoms with van der Waals surface area (Å²) in [5.41, 5.74) is 0.995. The molecule has 0 saturated heterocycles. The van der Waals surface area contributed by atoms with Gasteiger partial charge in [0.2, 0.25) is 0 Å². The van der Waals surface area contributed by atoms with Crippen LogP contribution in [-0.4, -0.2) is 5.78 Å². The van der Waals surface area contributed by atoms with Gasteiger partial charge in [0.05, 0.1) is 10.0 Å². The summed E-state index contributed by atoms with van der Waals surface area (Å²) in [6.07, 6.45) is 4.63. The quantitative estimate of drug-likeness (QED) is 0.772. The van der Waals surface area contributed by atoms with Gasteiger partial charge in [0.15, 0.2) is 0 Å². The van der Waals surface area contributed by atoms with Crippen LogP contribution in [0.1, 0.15) is 31.2 Å². The summed E-state index contributed by atoms with van der Waals surface area (Å²) < 4.78 is 0. The Balaban J connectivity index is 2.14. The highest BCUT2D eigenvalue weighted by atomic mass is 35.5. The Morgan fingerprint density at radius 1 is 1.25 bits per heavy atom. The van der Waals surface area contributed by atoms with E-state index in [1.54, 1.807) is 6.07 Å². The van der Waals surface area contributed by atoms with Crippen molar-refractivity contribution in [2.75, 3.05) is 0 Å². The molecule has 1 aliphatic rings. The minimum atomic E-state index is 0.143. The van der Waals surface area contributed by atoms with Gasteiger partial charge in [-0.1, -0.05) is 41.8 Å². The summed E-state index contributed by atoms with van der Waals surface area (Å²) >= 11 is 12.1. The van der Waals surface area contributed by atoms with Crippen LogP contribution >= 0.6 is 23.2 Å². The number of carbonyl (C=O) groups is 1. The molecule has 1 atom stereocenters. The molecule has 1 aromatic carbocycles. The Labute approximate surface area is 106 Å². The van der Waals surface area contributed by atoms with Crippen LogP contribution in [-0.2, 0) is 11.2 Å². The Bertz CT molecular complexity index is 401. The van der Waals surface area contributed by atoms with Crippen molar-refractivity contribution >= 4 is 29.0 Å². The van der Waals surface area contributed by atoms with E-state index in [9.17, 15) is 4.79 Å². The fourth-order valence-corrected chi connectivity index (χ4v) is 2.64. The average molecular weight is 257 g/mol. The molecule has 1 nitrogen and oxygen atoms in total. The summed E-state index contributed by atoms with van der Waals surface area (Å²) in [4.78, 5) is 11.7. The first-order valence-electron chi connectivity index (χ1n) is 5.64. The minimum Gasteiger partial charge on any atom is -0.299 e. The molecule has 1 saturated carbocycles. The normalized spacial score (nSPS) is 21.1. The Morgan fingerprint density at radius 3 is 2.81 bits per heavy atom. The minimum absolute atomic E-state index is 0.143. The van der Waals surface area contributed by atoms with E-state index in [-0.39, 0.29) is 5.92 Å². The van der Waals surface area contributed by atoms with E-state index in [0.29, 0.717) is 15.8 Å². The lowest BCUT2D eigenvalue weighted by Gasteiger charge is -2.20. The van der Waals surface area contributed by atoms with Crippen LogP contribution < -0.4 is 0 Å². The molecule has 1 aromatic rings. The van der Waals surface area contributed by atoms with Gasteiger partial charge in [-0.15, -0.1) is 0 Å². The third-order valence-electron chi connectivity index (χ3n) is 3.18. The largest absolute Gasteiger partial charge is 0.299 e. The van der Waals surface area contributed by atoms with Gasteiger partial charge in [0, 0.05) is 12.3 Å². The lowest BCUT2D eigenvalue weighted by molar-refractivity contribution is -0.124. The van der Waals surface area contributed by atoms with E-state index in [0.717, 1.165) is 37.7 Å². The number of hydrogen-bond acceptors (Lipinski definition) is 1. The van der Waals surface area contributed by atoms with Crippen molar-refractivity contribution in [3.05, 3.63) is 33.8 Å². The van der Waals surface area contributed by atoms with Crippen molar-refractivity contribution in [1.82, 2.24) is 0 Å². The number of benzene rings is 1. The van der Waals surface area contributed by atoms with Crippen LogP contribution in [0.15, 0.2) is 18.2 Å². The number of carbonyl (C=O) groups excluding carboxylic acids is 1. The summed E-state index contributed by atoms with van der Waals surface area (Å²) in [6, 6.07) is 5.61. The maximum Gasteiger partial charge on any atom is 0.136 e. The van der Waals surface area contributed by atoms with Crippen molar-refractivity contribution in [2.45, 2.75) is 32.1 Å². The van der Waals surface area contributed by atoms with E-state index in [1.165, 1.54) is 0 Å². The number of halogens is 2. The second-order valence-electron chi connectivity index (χ2n) is 4.33. The van der Waals surface area contributed by atoms with E-state index in [1.807, 2.05) is 12.1 Å². The SMILES string of the molecule is O=C1CCCCC1Cc1cccc(Cl)c1Cl. The molecule has 1 aliphatic carbocycles. The fourth-order valence-electron chi connectivity index (χ4n) is 2.24. The van der Waals surface area contributed by atoms with Crippen molar-refractivity contribution in [1.29, 1.82) is 0 Å². The third kappa shape index (κ3) is 2.58. The van der Waals surface area contributed by atoms with Gasteiger partial charge in [-0.25, -0.2) is 0 Å². The van der Waals surface area contributed by atoms with E-state index >= 15 is 0 Å². The monoisotopic (exact) mass is 256 g/mol. The Morgan fingerprint density at radius 2 is 2.06 bits per heavy atom. The predicted octanol–water partition coefficient (Wildman–Crippen LogP) is 4.30. The molecule has 1 fully saturated rings. The van der Waals surface area contributed by atoms with E-state index < -0.39 is 0 Å². The smallest absolute Gasteiger partial charge is 0.136 e. The molecular formula is C13H14Cl2O. The maximum absolute atomic E-state index is 11.7. The molecular weight excluding hydrogens is 243 g/mol. The third-order valence-corrected chi connectivity index (χ3v) is 4.04. The Hall–Kier alpha value is -0.530. The molecule has 0 N–H and O–H groups in total. The molecule has 86 valence electrons. The van der Waals surface area contributed by atoms with Gasteiger partial charge >= 0.3 is 0 Å². The molecule has 0 aliphatic heterocycles. The summed E-state index contributed by atoms with van der Waals surface area (Å²) in [6.45, 7) is 0. The zero-order valence-corrected chi connectivity index (χ0v) is 10.5. The van der Waals surface area contributed by atoms with Crippen LogP contribution in [0.5, 0.6) is 0 Å². The number of ketones is 1. The van der Waals surface area contributed by atoms with Crippen LogP contribution in [0.2, 0.25) is 10.0 Å². The van der Waals surface area contributed by atoms with Crippen molar-refractivity contribution in [2.24, 2.45) is 5.92 Å². The van der Waals surface area contributed by atoms with Crippen molar-refractivity contribution in [3.8, 4) is 0 Å². The molecule has 1 unspecified atom stereocenters. The van der Waals surface area contributed by atoms with Gasteiger partial charge in [0.25, 0.3) is 0 Å². The molecule has 3 heteroatoms. The van der Waals surface area contributed by atoms with E-state index in [2.05, 4.69) is 0 Å². The number of hydrogen-bond donors (Lipinski definition) is 0. The molecule has 0 heterocycles. The van der Waals surface area contributed by atoms with Crippen molar-refractivity contribution < 1.29 is 4.79 Å². The lowest BCUT2D eigenvalue weighted by Crippen LogP contribution is -2.21. The second kappa shape index (κ2) is 5.20. The predicted molar refractivity (Wildman–Crippen MR) is 67.1 cm³/mol. The molecule has 0 bridgehead atoms. The van der Waals surface area contributed by atoms with Gasteiger partial charge in [-0.3, -0.25) is 4.79 Å². The molecule has 2 rings (SSSR count). The molecule has 16 heavy (non-hydrogen) atoms. The first-order valence-corrected chi connectivity index (χ1v) is 6.39. The lowest BCUT2D eigenvalue weighted by atomic mass is 9.84. The highest BCUT2D eigenvalue weighted by Gasteiger charge is 2.23. The average Bonchev–Trinajstić information content (AvgIpc) is 2.28. The zero-order chi connectivity index (χ0) is 11.5. The summed E-state index contributed by atoms with van der Waals surface area (Å²) in [7, 11) is 0. The fraction of sp³-hybridized carbons (Fsp3) is 0.462. The van der Waals surface area contributed by atoms with Crippen molar-refractivity contribution in [3.63, 3.8) is 0 Å². The van der Waals surface area contributed by atoms with Gasteiger partial charge in [0.1, 0.15) is 5.78 Å². The number of Topliss-reactive ketones (excluding diaryl/α,β-unsaturated/α-hetero) is 1. The highest BCUT2D eigenvalue weighted by molar-refractivity contribution is 6.42. The summed E-state index contributed by atoms with van der Waals surface area (Å²) in [5, 5.41) is 1.17. The maximum atomic E-state index is 11.7. The van der Waals surface area contributed by atoms with Crippen LogP contribution in [0.3, 0.4) is 0 Å². The first-order chi connectivity index (χ1) is 7.68. The highest BCUT2D eigenvalue weighted by Crippen LogP contribution is 2.30. The van der Waals surface area contributed by atoms with Crippen LogP contribution in [0, 0.1) is 5.92 Å². The molecule has 0 spiro atoms. The van der Waals surface area contributed by atoms with Gasteiger partial charge < -0.3 is 0 Å². The molecule has 0 radical (unpaired) electrons. The molecule has 0 amide bonds. The molecule has 0 aromatic heterocycles. The zero-order valence-electron chi connectivity index (χ0n) is 9.01. The van der Waals surface area contributed by atoms with Gasteiger partial charge in [-0.2, -0.15) is 0 Å². The van der Waals surface area contributed by atoms with Crippen LogP contribution in [0.25, 0.3) is 0 Å².